The summed E-state index contributed by atoms with van der Waals surface area (Å²) in [5.41, 5.74) is 3.07. The summed E-state index contributed by atoms with van der Waals surface area (Å²) in [7, 11) is 0. The standard InChI is InChI=1S/C19H15F2N3O/c1-12-4-2-3-5-18(12)23-15-8-13(10-22-11-15)19(25)24-14-6-7-16(20)17(21)9-14/h2-11,23H,1H3,(H,24,25). The van der Waals surface area contributed by atoms with Gasteiger partial charge in [-0.3, -0.25) is 9.78 Å². The van der Waals surface area contributed by atoms with Crippen LogP contribution in [0.15, 0.2) is 60.9 Å². The molecule has 3 aromatic rings. The van der Waals surface area contributed by atoms with Crippen molar-refractivity contribution in [3.05, 3.63) is 83.7 Å². The molecule has 1 heterocycles. The Morgan fingerprint density at radius 2 is 1.76 bits per heavy atom. The third-order valence-corrected chi connectivity index (χ3v) is 3.60. The SMILES string of the molecule is Cc1ccccc1Nc1cncc(C(=O)Nc2ccc(F)c(F)c2)c1. The summed E-state index contributed by atoms with van der Waals surface area (Å²) in [6.45, 7) is 1.97. The normalized spacial score (nSPS) is 10.4. The van der Waals surface area contributed by atoms with Gasteiger partial charge < -0.3 is 10.6 Å². The molecule has 0 aliphatic heterocycles. The maximum atomic E-state index is 13.2. The predicted octanol–water partition coefficient (Wildman–Crippen LogP) is 4.66. The van der Waals surface area contributed by atoms with Crippen molar-refractivity contribution in [2.75, 3.05) is 10.6 Å². The maximum absolute atomic E-state index is 13.2. The highest BCUT2D eigenvalue weighted by atomic mass is 19.2. The molecule has 0 radical (unpaired) electrons. The van der Waals surface area contributed by atoms with Crippen molar-refractivity contribution in [2.24, 2.45) is 0 Å². The molecule has 1 amide bonds. The molecule has 4 nitrogen and oxygen atoms in total. The first-order valence-electron chi connectivity index (χ1n) is 7.57. The molecule has 3 rings (SSSR count). The van der Waals surface area contributed by atoms with Crippen molar-refractivity contribution < 1.29 is 13.6 Å². The second kappa shape index (κ2) is 7.09. The number of amides is 1. The highest BCUT2D eigenvalue weighted by Gasteiger charge is 2.10. The van der Waals surface area contributed by atoms with E-state index >= 15 is 0 Å². The molecule has 25 heavy (non-hydrogen) atoms. The number of pyridine rings is 1. The minimum Gasteiger partial charge on any atom is -0.354 e. The number of benzene rings is 2. The number of aromatic nitrogens is 1. The van der Waals surface area contributed by atoms with Crippen LogP contribution < -0.4 is 10.6 Å². The third-order valence-electron chi connectivity index (χ3n) is 3.60. The fraction of sp³-hybridized carbons (Fsp3) is 0.0526. The van der Waals surface area contributed by atoms with Crippen LogP contribution in [0.25, 0.3) is 0 Å². The number of hydrogen-bond acceptors (Lipinski definition) is 3. The van der Waals surface area contributed by atoms with Gasteiger partial charge in [-0.25, -0.2) is 8.78 Å². The number of carbonyl (C=O) groups excluding carboxylic acids is 1. The van der Waals surface area contributed by atoms with Gasteiger partial charge in [0.2, 0.25) is 0 Å². The summed E-state index contributed by atoms with van der Waals surface area (Å²) >= 11 is 0. The van der Waals surface area contributed by atoms with Gasteiger partial charge in [-0.15, -0.1) is 0 Å². The van der Waals surface area contributed by atoms with Gasteiger partial charge in [-0.05, 0) is 36.8 Å². The van der Waals surface area contributed by atoms with E-state index in [0.29, 0.717) is 11.3 Å². The topological polar surface area (TPSA) is 54.0 Å². The van der Waals surface area contributed by atoms with Gasteiger partial charge in [-0.2, -0.15) is 0 Å². The summed E-state index contributed by atoms with van der Waals surface area (Å²) in [6, 6.07) is 12.5. The van der Waals surface area contributed by atoms with E-state index in [9.17, 15) is 13.6 Å². The second-order valence-corrected chi connectivity index (χ2v) is 5.49. The zero-order chi connectivity index (χ0) is 17.8. The Morgan fingerprint density at radius 3 is 2.52 bits per heavy atom. The molecule has 0 spiro atoms. The summed E-state index contributed by atoms with van der Waals surface area (Å²) in [4.78, 5) is 16.3. The van der Waals surface area contributed by atoms with Gasteiger partial charge in [0.25, 0.3) is 5.91 Å². The van der Waals surface area contributed by atoms with E-state index in [2.05, 4.69) is 15.6 Å². The van der Waals surface area contributed by atoms with E-state index in [1.165, 1.54) is 12.3 Å². The first-order valence-corrected chi connectivity index (χ1v) is 7.57. The smallest absolute Gasteiger partial charge is 0.257 e. The Hall–Kier alpha value is -3.28. The highest BCUT2D eigenvalue weighted by molar-refractivity contribution is 6.04. The second-order valence-electron chi connectivity index (χ2n) is 5.49. The van der Waals surface area contributed by atoms with Crippen LogP contribution >= 0.6 is 0 Å². The van der Waals surface area contributed by atoms with E-state index < -0.39 is 17.5 Å². The van der Waals surface area contributed by atoms with Crippen LogP contribution in [-0.2, 0) is 0 Å². The van der Waals surface area contributed by atoms with Crippen molar-refractivity contribution in [1.29, 1.82) is 0 Å². The van der Waals surface area contributed by atoms with Gasteiger partial charge in [0.1, 0.15) is 0 Å². The first-order chi connectivity index (χ1) is 12.0. The number of para-hydroxylation sites is 1. The van der Waals surface area contributed by atoms with Crippen LogP contribution in [0.4, 0.5) is 25.8 Å². The third kappa shape index (κ3) is 3.98. The van der Waals surface area contributed by atoms with Crippen LogP contribution in [-0.4, -0.2) is 10.9 Å². The van der Waals surface area contributed by atoms with Gasteiger partial charge in [0, 0.05) is 23.6 Å². The molecular weight excluding hydrogens is 324 g/mol. The molecule has 0 unspecified atom stereocenters. The maximum Gasteiger partial charge on any atom is 0.257 e. The fourth-order valence-corrected chi connectivity index (χ4v) is 2.28. The van der Waals surface area contributed by atoms with Gasteiger partial charge >= 0.3 is 0 Å². The predicted molar refractivity (Wildman–Crippen MR) is 93.0 cm³/mol. The zero-order valence-electron chi connectivity index (χ0n) is 13.4. The summed E-state index contributed by atoms with van der Waals surface area (Å²) < 4.78 is 26.2. The average Bonchev–Trinajstić information content (AvgIpc) is 2.60. The van der Waals surface area contributed by atoms with E-state index in [4.69, 9.17) is 0 Å². The monoisotopic (exact) mass is 339 g/mol. The molecule has 6 heteroatoms. The number of carbonyl (C=O) groups is 1. The Labute approximate surface area is 143 Å². The lowest BCUT2D eigenvalue weighted by Crippen LogP contribution is -2.13. The van der Waals surface area contributed by atoms with Crippen LogP contribution in [0.5, 0.6) is 0 Å². The van der Waals surface area contributed by atoms with Crippen molar-refractivity contribution in [2.45, 2.75) is 6.92 Å². The molecule has 0 atom stereocenters. The molecule has 0 aliphatic rings. The lowest BCUT2D eigenvalue weighted by atomic mass is 10.2. The number of nitrogens with one attached hydrogen (secondary N) is 2. The zero-order valence-corrected chi connectivity index (χ0v) is 13.4. The Bertz CT molecular complexity index is 928. The summed E-state index contributed by atoms with van der Waals surface area (Å²) in [5.74, 6) is -2.46. The van der Waals surface area contributed by atoms with Crippen molar-refractivity contribution in [1.82, 2.24) is 4.98 Å². The number of aryl methyl sites for hydroxylation is 1. The van der Waals surface area contributed by atoms with E-state index in [1.807, 2.05) is 31.2 Å². The van der Waals surface area contributed by atoms with Crippen LogP contribution in [0.2, 0.25) is 0 Å². The van der Waals surface area contributed by atoms with Crippen LogP contribution in [0, 0.1) is 18.6 Å². The van der Waals surface area contributed by atoms with Crippen molar-refractivity contribution in [3.63, 3.8) is 0 Å². The number of rotatable bonds is 4. The average molecular weight is 339 g/mol. The number of anilines is 3. The molecule has 2 N–H and O–H groups in total. The molecule has 2 aromatic carbocycles. The molecule has 0 saturated carbocycles. The molecule has 1 aromatic heterocycles. The van der Waals surface area contributed by atoms with Crippen LogP contribution in [0.1, 0.15) is 15.9 Å². The Kier molecular flexibility index (Phi) is 4.70. The van der Waals surface area contributed by atoms with E-state index in [0.717, 1.165) is 23.4 Å². The van der Waals surface area contributed by atoms with E-state index in [1.54, 1.807) is 12.3 Å². The van der Waals surface area contributed by atoms with Gasteiger partial charge in [0.05, 0.1) is 17.4 Å². The minimum absolute atomic E-state index is 0.168. The quantitative estimate of drug-likeness (QED) is 0.727. The summed E-state index contributed by atoms with van der Waals surface area (Å²) in [6.07, 6.45) is 3.00. The Morgan fingerprint density at radius 1 is 0.960 bits per heavy atom. The molecular formula is C19H15F2N3O. The Balaban J connectivity index is 1.77. The van der Waals surface area contributed by atoms with E-state index in [-0.39, 0.29) is 5.69 Å². The number of nitrogens with zero attached hydrogens (tertiary/aromatic N) is 1. The van der Waals surface area contributed by atoms with Gasteiger partial charge in [0.15, 0.2) is 11.6 Å². The number of halogens is 2. The lowest BCUT2D eigenvalue weighted by Gasteiger charge is -2.10. The summed E-state index contributed by atoms with van der Waals surface area (Å²) in [5, 5.41) is 5.71. The van der Waals surface area contributed by atoms with Crippen molar-refractivity contribution in [3.8, 4) is 0 Å². The molecule has 0 aliphatic carbocycles. The largest absolute Gasteiger partial charge is 0.354 e. The highest BCUT2D eigenvalue weighted by Crippen LogP contribution is 2.21. The fourth-order valence-electron chi connectivity index (χ4n) is 2.28. The molecule has 0 fully saturated rings. The van der Waals surface area contributed by atoms with Crippen molar-refractivity contribution >= 4 is 23.0 Å². The lowest BCUT2D eigenvalue weighted by molar-refractivity contribution is 0.102. The molecule has 0 bridgehead atoms. The number of hydrogen-bond donors (Lipinski definition) is 2. The molecule has 0 saturated heterocycles. The first kappa shape index (κ1) is 16.6. The molecule has 126 valence electrons. The van der Waals surface area contributed by atoms with Gasteiger partial charge in [-0.1, -0.05) is 18.2 Å². The minimum atomic E-state index is -1.02. The van der Waals surface area contributed by atoms with Crippen LogP contribution in [0.3, 0.4) is 0 Å².